The fraction of sp³-hybridized carbons (Fsp3) is 0.733. The Morgan fingerprint density at radius 3 is 2.75 bits per heavy atom. The van der Waals surface area contributed by atoms with E-state index in [0.717, 1.165) is 38.8 Å². The molecular formula is C15H24N2O2S. The third kappa shape index (κ3) is 4.27. The summed E-state index contributed by atoms with van der Waals surface area (Å²) in [6.45, 7) is 6.27. The van der Waals surface area contributed by atoms with E-state index in [1.165, 1.54) is 17.7 Å². The van der Waals surface area contributed by atoms with Gasteiger partial charge in [-0.05, 0) is 24.3 Å². The largest absolute Gasteiger partial charge is 0.389 e. The lowest BCUT2D eigenvalue weighted by atomic mass is 10.2. The minimum absolute atomic E-state index is 0.373. The summed E-state index contributed by atoms with van der Waals surface area (Å²) in [6.07, 6.45) is 2.40. The monoisotopic (exact) mass is 296 g/mol. The third-order valence-electron chi connectivity index (χ3n) is 4.07. The molecule has 0 amide bonds. The third-order valence-corrected chi connectivity index (χ3v) is 4.92. The Labute approximate surface area is 125 Å². The van der Waals surface area contributed by atoms with Crippen molar-refractivity contribution in [2.45, 2.75) is 31.6 Å². The maximum Gasteiger partial charge on any atom is 0.0900 e. The molecule has 4 nitrogen and oxygen atoms in total. The van der Waals surface area contributed by atoms with E-state index >= 15 is 0 Å². The molecule has 0 spiro atoms. The lowest BCUT2D eigenvalue weighted by molar-refractivity contribution is 0.00152. The van der Waals surface area contributed by atoms with Gasteiger partial charge in [-0.25, -0.2) is 0 Å². The first-order chi connectivity index (χ1) is 9.81. The highest BCUT2D eigenvalue weighted by molar-refractivity contribution is 7.09. The molecule has 3 rings (SSSR count). The summed E-state index contributed by atoms with van der Waals surface area (Å²) in [5.74, 6) is 0. The van der Waals surface area contributed by atoms with Crippen LogP contribution >= 0.6 is 11.3 Å². The summed E-state index contributed by atoms with van der Waals surface area (Å²) in [7, 11) is 0. The fourth-order valence-electron chi connectivity index (χ4n) is 2.79. The number of aliphatic hydroxyl groups excluding tert-OH is 1. The van der Waals surface area contributed by atoms with Crippen molar-refractivity contribution in [1.82, 2.24) is 9.80 Å². The fourth-order valence-corrected chi connectivity index (χ4v) is 3.43. The van der Waals surface area contributed by atoms with Crippen molar-refractivity contribution in [3.8, 4) is 0 Å². The minimum atomic E-state index is -0.373. The molecule has 112 valence electrons. The SMILES string of the molecule is OC(COCc1cccs1)CN1CCN(C2CC2)CC1. The van der Waals surface area contributed by atoms with Crippen LogP contribution in [-0.4, -0.2) is 66.4 Å². The number of thiophene rings is 1. The van der Waals surface area contributed by atoms with Crippen molar-refractivity contribution in [2.75, 3.05) is 39.3 Å². The van der Waals surface area contributed by atoms with Crippen LogP contribution in [0.2, 0.25) is 0 Å². The molecule has 20 heavy (non-hydrogen) atoms. The van der Waals surface area contributed by atoms with Gasteiger partial charge < -0.3 is 9.84 Å². The van der Waals surface area contributed by atoms with Crippen LogP contribution in [-0.2, 0) is 11.3 Å². The average Bonchev–Trinajstić information content (AvgIpc) is 3.17. The number of rotatable bonds is 7. The molecule has 0 bridgehead atoms. The number of ether oxygens (including phenoxy) is 1. The summed E-state index contributed by atoms with van der Waals surface area (Å²) in [5, 5.41) is 12.1. The van der Waals surface area contributed by atoms with E-state index < -0.39 is 0 Å². The Morgan fingerprint density at radius 2 is 2.10 bits per heavy atom. The van der Waals surface area contributed by atoms with E-state index in [1.807, 2.05) is 6.07 Å². The standard InChI is InChI=1S/C15H24N2O2S/c18-14(11-19-12-15-2-1-9-20-15)10-16-5-7-17(8-6-16)13-3-4-13/h1-2,9,13-14,18H,3-8,10-12H2. The molecule has 0 radical (unpaired) electrons. The van der Waals surface area contributed by atoms with Crippen molar-refractivity contribution in [3.63, 3.8) is 0 Å². The summed E-state index contributed by atoms with van der Waals surface area (Å²) >= 11 is 1.70. The highest BCUT2D eigenvalue weighted by Crippen LogP contribution is 2.27. The Balaban J connectivity index is 1.29. The number of hydrogen-bond donors (Lipinski definition) is 1. The van der Waals surface area contributed by atoms with Gasteiger partial charge in [-0.15, -0.1) is 11.3 Å². The topological polar surface area (TPSA) is 35.9 Å². The molecule has 5 heteroatoms. The molecule has 1 aliphatic carbocycles. The molecule has 1 aromatic rings. The average molecular weight is 296 g/mol. The van der Waals surface area contributed by atoms with Gasteiger partial charge in [0.1, 0.15) is 0 Å². The Kier molecular flexibility index (Phi) is 5.07. The molecule has 1 unspecified atom stereocenters. The highest BCUT2D eigenvalue weighted by Gasteiger charge is 2.31. The van der Waals surface area contributed by atoms with Crippen molar-refractivity contribution in [2.24, 2.45) is 0 Å². The van der Waals surface area contributed by atoms with Gasteiger partial charge in [0, 0.05) is 43.6 Å². The van der Waals surface area contributed by atoms with Crippen molar-refractivity contribution >= 4 is 11.3 Å². The number of piperazine rings is 1. The van der Waals surface area contributed by atoms with E-state index in [-0.39, 0.29) is 6.10 Å². The zero-order valence-corrected chi connectivity index (χ0v) is 12.7. The van der Waals surface area contributed by atoms with Crippen LogP contribution in [0.4, 0.5) is 0 Å². The number of β-amino-alcohol motifs (C(OH)–C–C–N with tert-alkyl or cyclic N) is 1. The normalized spacial score (nSPS) is 23.1. The summed E-state index contributed by atoms with van der Waals surface area (Å²) in [4.78, 5) is 6.17. The summed E-state index contributed by atoms with van der Waals surface area (Å²) in [6, 6.07) is 4.96. The van der Waals surface area contributed by atoms with Crippen LogP contribution < -0.4 is 0 Å². The van der Waals surface area contributed by atoms with Gasteiger partial charge in [0.25, 0.3) is 0 Å². The smallest absolute Gasteiger partial charge is 0.0900 e. The predicted octanol–water partition coefficient (Wildman–Crippen LogP) is 1.41. The zero-order valence-electron chi connectivity index (χ0n) is 11.9. The molecule has 1 atom stereocenters. The first-order valence-electron chi connectivity index (χ1n) is 7.56. The van der Waals surface area contributed by atoms with E-state index in [2.05, 4.69) is 21.2 Å². The molecule has 2 heterocycles. The number of hydrogen-bond acceptors (Lipinski definition) is 5. The van der Waals surface area contributed by atoms with Crippen molar-refractivity contribution in [1.29, 1.82) is 0 Å². The second-order valence-electron chi connectivity index (χ2n) is 5.82. The summed E-state index contributed by atoms with van der Waals surface area (Å²) < 4.78 is 5.57. The molecule has 2 fully saturated rings. The van der Waals surface area contributed by atoms with Crippen LogP contribution in [0.3, 0.4) is 0 Å². The lowest BCUT2D eigenvalue weighted by Gasteiger charge is -2.35. The van der Waals surface area contributed by atoms with Crippen molar-refractivity contribution in [3.05, 3.63) is 22.4 Å². The highest BCUT2D eigenvalue weighted by atomic mass is 32.1. The molecule has 1 saturated carbocycles. The molecular weight excluding hydrogens is 272 g/mol. The van der Waals surface area contributed by atoms with Crippen molar-refractivity contribution < 1.29 is 9.84 Å². The predicted molar refractivity (Wildman–Crippen MR) is 81.0 cm³/mol. The Bertz CT molecular complexity index is 387. The molecule has 0 aromatic carbocycles. The first kappa shape index (κ1) is 14.5. The second kappa shape index (κ2) is 7.00. The van der Waals surface area contributed by atoms with Gasteiger partial charge in [-0.1, -0.05) is 6.07 Å². The van der Waals surface area contributed by atoms with Gasteiger partial charge in [-0.3, -0.25) is 9.80 Å². The Morgan fingerprint density at radius 1 is 1.30 bits per heavy atom. The molecule has 1 aromatic heterocycles. The molecule has 1 saturated heterocycles. The van der Waals surface area contributed by atoms with Crippen LogP contribution in [0.5, 0.6) is 0 Å². The zero-order chi connectivity index (χ0) is 13.8. The summed E-state index contributed by atoms with van der Waals surface area (Å²) in [5.41, 5.74) is 0. The first-order valence-corrected chi connectivity index (χ1v) is 8.44. The number of aliphatic hydroxyl groups is 1. The van der Waals surface area contributed by atoms with Gasteiger partial charge >= 0.3 is 0 Å². The van der Waals surface area contributed by atoms with E-state index in [9.17, 15) is 5.11 Å². The van der Waals surface area contributed by atoms with E-state index in [0.29, 0.717) is 13.2 Å². The van der Waals surface area contributed by atoms with Crippen LogP contribution in [0.25, 0.3) is 0 Å². The number of nitrogens with zero attached hydrogens (tertiary/aromatic N) is 2. The van der Waals surface area contributed by atoms with Crippen LogP contribution in [0.15, 0.2) is 17.5 Å². The maximum absolute atomic E-state index is 10.0. The minimum Gasteiger partial charge on any atom is -0.389 e. The van der Waals surface area contributed by atoms with Gasteiger partial charge in [0.15, 0.2) is 0 Å². The van der Waals surface area contributed by atoms with E-state index in [4.69, 9.17) is 4.74 Å². The second-order valence-corrected chi connectivity index (χ2v) is 6.85. The van der Waals surface area contributed by atoms with E-state index in [1.54, 1.807) is 11.3 Å². The van der Waals surface area contributed by atoms with Gasteiger partial charge in [-0.2, -0.15) is 0 Å². The Hall–Kier alpha value is -0.460. The molecule has 1 aliphatic heterocycles. The molecule has 2 aliphatic rings. The van der Waals surface area contributed by atoms with Crippen LogP contribution in [0, 0.1) is 0 Å². The van der Waals surface area contributed by atoms with Crippen LogP contribution in [0.1, 0.15) is 17.7 Å². The maximum atomic E-state index is 10.0. The van der Waals surface area contributed by atoms with Gasteiger partial charge in [0.2, 0.25) is 0 Å². The quantitative estimate of drug-likeness (QED) is 0.825. The lowest BCUT2D eigenvalue weighted by Crippen LogP contribution is -2.49. The van der Waals surface area contributed by atoms with Gasteiger partial charge in [0.05, 0.1) is 19.3 Å². The molecule has 1 N–H and O–H groups in total.